The molecule has 0 aliphatic heterocycles. The van der Waals surface area contributed by atoms with Crippen LogP contribution in [-0.2, 0) is 0 Å². The van der Waals surface area contributed by atoms with Gasteiger partial charge in [0, 0.05) is 0 Å². The van der Waals surface area contributed by atoms with Gasteiger partial charge in [-0.2, -0.15) is 0 Å². The highest BCUT2D eigenvalue weighted by Gasteiger charge is 2.18. The van der Waals surface area contributed by atoms with Gasteiger partial charge in [-0.25, -0.2) is 0 Å². The third kappa shape index (κ3) is 2.43. The standard InChI is InChI=1S/C14H14ClN/c15-13(11-7-3-1-4-8-11)14(16)12-9-5-2-6-10-12/h1-10,13-14H,16H2/t13-,14-/m1/s1. The summed E-state index contributed by atoms with van der Waals surface area (Å²) in [6, 6.07) is 19.7. The summed E-state index contributed by atoms with van der Waals surface area (Å²) in [6.07, 6.45) is 0. The van der Waals surface area contributed by atoms with Crippen molar-refractivity contribution in [3.8, 4) is 0 Å². The minimum Gasteiger partial charge on any atom is -0.322 e. The molecule has 2 aromatic carbocycles. The molecule has 2 rings (SSSR count). The van der Waals surface area contributed by atoms with Crippen LogP contribution in [0.5, 0.6) is 0 Å². The van der Waals surface area contributed by atoms with Crippen molar-refractivity contribution < 1.29 is 0 Å². The molecule has 0 aromatic heterocycles. The molecule has 1 nitrogen and oxygen atoms in total. The van der Waals surface area contributed by atoms with Crippen molar-refractivity contribution in [1.82, 2.24) is 0 Å². The molecule has 82 valence electrons. The molecule has 0 saturated carbocycles. The van der Waals surface area contributed by atoms with E-state index in [-0.39, 0.29) is 11.4 Å². The minimum absolute atomic E-state index is 0.176. The van der Waals surface area contributed by atoms with Crippen molar-refractivity contribution in [2.75, 3.05) is 0 Å². The van der Waals surface area contributed by atoms with Crippen LogP contribution in [0.3, 0.4) is 0 Å². The predicted octanol–water partition coefficient (Wildman–Crippen LogP) is 3.67. The molecule has 0 spiro atoms. The lowest BCUT2D eigenvalue weighted by atomic mass is 9.99. The van der Waals surface area contributed by atoms with Crippen LogP contribution < -0.4 is 5.73 Å². The summed E-state index contributed by atoms with van der Waals surface area (Å²) in [5, 5.41) is -0.191. The van der Waals surface area contributed by atoms with Crippen LogP contribution in [0.15, 0.2) is 60.7 Å². The minimum atomic E-state index is -0.191. The third-order valence-electron chi connectivity index (χ3n) is 2.62. The number of hydrogen-bond acceptors (Lipinski definition) is 1. The number of nitrogens with two attached hydrogens (primary N) is 1. The van der Waals surface area contributed by atoms with Crippen molar-refractivity contribution >= 4 is 11.6 Å². The van der Waals surface area contributed by atoms with Crippen LogP contribution in [-0.4, -0.2) is 0 Å². The molecule has 0 saturated heterocycles. The molecule has 0 bridgehead atoms. The third-order valence-corrected chi connectivity index (χ3v) is 3.14. The van der Waals surface area contributed by atoms with E-state index in [2.05, 4.69) is 0 Å². The average molecular weight is 232 g/mol. The van der Waals surface area contributed by atoms with Crippen LogP contribution >= 0.6 is 11.6 Å². The van der Waals surface area contributed by atoms with Crippen molar-refractivity contribution in [3.63, 3.8) is 0 Å². The van der Waals surface area contributed by atoms with Crippen molar-refractivity contribution in [1.29, 1.82) is 0 Å². The number of halogens is 1. The molecule has 0 unspecified atom stereocenters. The first-order valence-corrected chi connectivity index (χ1v) is 5.72. The monoisotopic (exact) mass is 231 g/mol. The quantitative estimate of drug-likeness (QED) is 0.802. The number of rotatable bonds is 3. The van der Waals surface area contributed by atoms with E-state index in [4.69, 9.17) is 17.3 Å². The second kappa shape index (κ2) is 5.15. The second-order valence-electron chi connectivity index (χ2n) is 3.75. The van der Waals surface area contributed by atoms with Gasteiger partial charge in [0.15, 0.2) is 0 Å². The first-order chi connectivity index (χ1) is 7.79. The zero-order chi connectivity index (χ0) is 11.4. The lowest BCUT2D eigenvalue weighted by Gasteiger charge is -2.18. The summed E-state index contributed by atoms with van der Waals surface area (Å²) in [4.78, 5) is 0. The van der Waals surface area contributed by atoms with Gasteiger partial charge in [-0.1, -0.05) is 60.7 Å². The van der Waals surface area contributed by atoms with Gasteiger partial charge in [-0.05, 0) is 11.1 Å². The van der Waals surface area contributed by atoms with Crippen molar-refractivity contribution in [2.45, 2.75) is 11.4 Å². The van der Waals surface area contributed by atoms with Crippen LogP contribution in [0.1, 0.15) is 22.5 Å². The zero-order valence-corrected chi connectivity index (χ0v) is 9.64. The van der Waals surface area contributed by atoms with Crippen LogP contribution in [0.25, 0.3) is 0 Å². The highest BCUT2D eigenvalue weighted by Crippen LogP contribution is 2.32. The molecule has 0 amide bonds. The first kappa shape index (κ1) is 11.2. The number of alkyl halides is 1. The lowest BCUT2D eigenvalue weighted by molar-refractivity contribution is 0.697. The Hall–Kier alpha value is -1.31. The summed E-state index contributed by atoms with van der Waals surface area (Å²) in [5.41, 5.74) is 8.26. The second-order valence-corrected chi connectivity index (χ2v) is 4.22. The molecule has 2 atom stereocenters. The number of benzene rings is 2. The van der Waals surface area contributed by atoms with Gasteiger partial charge in [0.2, 0.25) is 0 Å². The molecule has 0 heterocycles. The Morgan fingerprint density at radius 1 is 0.750 bits per heavy atom. The molecule has 0 radical (unpaired) electrons. The molecule has 2 N–H and O–H groups in total. The van der Waals surface area contributed by atoms with Gasteiger partial charge < -0.3 is 5.73 Å². The molecule has 0 aliphatic rings. The Morgan fingerprint density at radius 2 is 1.19 bits per heavy atom. The van der Waals surface area contributed by atoms with E-state index in [0.717, 1.165) is 11.1 Å². The highest BCUT2D eigenvalue weighted by atomic mass is 35.5. The van der Waals surface area contributed by atoms with Gasteiger partial charge in [0.25, 0.3) is 0 Å². The van der Waals surface area contributed by atoms with E-state index in [0.29, 0.717) is 0 Å². The fourth-order valence-corrected chi connectivity index (χ4v) is 1.98. The molecule has 2 aromatic rings. The van der Waals surface area contributed by atoms with Crippen molar-refractivity contribution in [3.05, 3.63) is 71.8 Å². The Morgan fingerprint density at radius 3 is 1.69 bits per heavy atom. The Balaban J connectivity index is 2.20. The van der Waals surface area contributed by atoms with Crippen LogP contribution in [0.2, 0.25) is 0 Å². The maximum absolute atomic E-state index is 6.37. The van der Waals surface area contributed by atoms with Gasteiger partial charge >= 0.3 is 0 Å². The van der Waals surface area contributed by atoms with Crippen molar-refractivity contribution in [2.24, 2.45) is 5.73 Å². The fraction of sp³-hybridized carbons (Fsp3) is 0.143. The van der Waals surface area contributed by atoms with Crippen LogP contribution in [0.4, 0.5) is 0 Å². The summed E-state index contributed by atoms with van der Waals surface area (Å²) in [7, 11) is 0. The summed E-state index contributed by atoms with van der Waals surface area (Å²) in [5.74, 6) is 0. The normalized spacial score (nSPS) is 14.4. The van der Waals surface area contributed by atoms with E-state index < -0.39 is 0 Å². The predicted molar refractivity (Wildman–Crippen MR) is 68.4 cm³/mol. The topological polar surface area (TPSA) is 26.0 Å². The summed E-state index contributed by atoms with van der Waals surface area (Å²) in [6.45, 7) is 0. The van der Waals surface area contributed by atoms with E-state index in [1.807, 2.05) is 60.7 Å². The van der Waals surface area contributed by atoms with E-state index in [9.17, 15) is 0 Å². The summed E-state index contributed by atoms with van der Waals surface area (Å²) < 4.78 is 0. The molecule has 0 aliphatic carbocycles. The number of hydrogen-bond donors (Lipinski definition) is 1. The molecular formula is C14H14ClN. The van der Waals surface area contributed by atoms with Crippen LogP contribution in [0, 0.1) is 0 Å². The van der Waals surface area contributed by atoms with E-state index >= 15 is 0 Å². The highest BCUT2D eigenvalue weighted by molar-refractivity contribution is 6.21. The average Bonchev–Trinajstić information content (AvgIpc) is 2.39. The van der Waals surface area contributed by atoms with E-state index in [1.54, 1.807) is 0 Å². The molecular weight excluding hydrogens is 218 g/mol. The van der Waals surface area contributed by atoms with Gasteiger partial charge in [-0.15, -0.1) is 11.6 Å². The first-order valence-electron chi connectivity index (χ1n) is 5.28. The largest absolute Gasteiger partial charge is 0.322 e. The smallest absolute Gasteiger partial charge is 0.0778 e. The maximum Gasteiger partial charge on any atom is 0.0778 e. The van der Waals surface area contributed by atoms with Gasteiger partial charge in [0.05, 0.1) is 11.4 Å². The summed E-state index contributed by atoms with van der Waals surface area (Å²) >= 11 is 6.37. The lowest BCUT2D eigenvalue weighted by Crippen LogP contribution is -2.15. The molecule has 16 heavy (non-hydrogen) atoms. The van der Waals surface area contributed by atoms with Gasteiger partial charge in [-0.3, -0.25) is 0 Å². The Kier molecular flexibility index (Phi) is 3.60. The molecule has 2 heteroatoms. The maximum atomic E-state index is 6.37. The van der Waals surface area contributed by atoms with E-state index in [1.165, 1.54) is 0 Å². The Labute approximate surface area is 101 Å². The Bertz CT molecular complexity index is 384. The molecule has 0 fully saturated rings. The SMILES string of the molecule is N[C@H](c1ccccc1)[C@H](Cl)c1ccccc1. The van der Waals surface area contributed by atoms with Gasteiger partial charge in [0.1, 0.15) is 0 Å². The fourth-order valence-electron chi connectivity index (χ4n) is 1.69. The zero-order valence-electron chi connectivity index (χ0n) is 8.88.